The van der Waals surface area contributed by atoms with Crippen molar-refractivity contribution in [3.63, 3.8) is 0 Å². The Bertz CT molecular complexity index is 370. The molecule has 4 rings (SSSR count). The van der Waals surface area contributed by atoms with E-state index in [1.165, 1.54) is 69.0 Å². The van der Waals surface area contributed by atoms with Gasteiger partial charge in [0.25, 0.3) is 0 Å². The second kappa shape index (κ2) is 5.28. The minimum absolute atomic E-state index is 0.646. The number of aliphatic imine (C=N–C) groups is 1. The third-order valence-electron chi connectivity index (χ3n) is 5.50. The van der Waals surface area contributed by atoms with Crippen LogP contribution in [-0.2, 0) is 0 Å². The highest BCUT2D eigenvalue weighted by Crippen LogP contribution is 2.35. The zero-order chi connectivity index (χ0) is 12.7. The van der Waals surface area contributed by atoms with E-state index >= 15 is 0 Å². The molecule has 3 nitrogen and oxygen atoms in total. The van der Waals surface area contributed by atoms with Crippen molar-refractivity contribution in [1.82, 2.24) is 10.2 Å². The van der Waals surface area contributed by atoms with Crippen LogP contribution in [0, 0.1) is 5.92 Å². The summed E-state index contributed by atoms with van der Waals surface area (Å²) in [5.74, 6) is 2.18. The number of fused-ring (bicyclic) bond motifs is 2. The lowest BCUT2D eigenvalue weighted by molar-refractivity contribution is 0.185. The van der Waals surface area contributed by atoms with Crippen molar-refractivity contribution >= 4 is 16.9 Å². The van der Waals surface area contributed by atoms with Crippen LogP contribution in [-0.4, -0.2) is 47.0 Å². The van der Waals surface area contributed by atoms with Gasteiger partial charge in [0, 0.05) is 24.4 Å². The van der Waals surface area contributed by atoms with Crippen molar-refractivity contribution in [3.05, 3.63) is 0 Å². The molecule has 3 fully saturated rings. The molecular formula is C15H25N3S. The molecule has 106 valence electrons. The summed E-state index contributed by atoms with van der Waals surface area (Å²) in [6.07, 6.45) is 9.67. The lowest BCUT2D eigenvalue weighted by atomic mass is 9.99. The van der Waals surface area contributed by atoms with E-state index in [-0.39, 0.29) is 0 Å². The second-order valence-electron chi connectivity index (χ2n) is 6.64. The molecule has 4 aliphatic rings. The Labute approximate surface area is 120 Å². The summed E-state index contributed by atoms with van der Waals surface area (Å²) in [7, 11) is 0. The van der Waals surface area contributed by atoms with Crippen LogP contribution >= 0.6 is 11.8 Å². The maximum atomic E-state index is 4.99. The van der Waals surface area contributed by atoms with Gasteiger partial charge in [-0.3, -0.25) is 9.89 Å². The van der Waals surface area contributed by atoms with Crippen molar-refractivity contribution < 1.29 is 0 Å². The molecule has 4 unspecified atom stereocenters. The monoisotopic (exact) mass is 279 g/mol. The molecule has 3 aliphatic heterocycles. The van der Waals surface area contributed by atoms with Gasteiger partial charge in [-0.05, 0) is 44.6 Å². The fourth-order valence-electron chi connectivity index (χ4n) is 4.41. The van der Waals surface area contributed by atoms with E-state index < -0.39 is 0 Å². The number of hydrogen-bond acceptors (Lipinski definition) is 4. The van der Waals surface area contributed by atoms with Crippen LogP contribution in [0.4, 0.5) is 0 Å². The summed E-state index contributed by atoms with van der Waals surface area (Å²) in [6.45, 7) is 2.62. The molecule has 4 atom stereocenters. The van der Waals surface area contributed by atoms with Crippen molar-refractivity contribution in [2.24, 2.45) is 10.9 Å². The van der Waals surface area contributed by atoms with Gasteiger partial charge in [-0.25, -0.2) is 0 Å². The van der Waals surface area contributed by atoms with Crippen molar-refractivity contribution in [2.45, 2.75) is 63.1 Å². The second-order valence-corrected chi connectivity index (χ2v) is 7.65. The lowest BCUT2D eigenvalue weighted by Gasteiger charge is -2.34. The van der Waals surface area contributed by atoms with Gasteiger partial charge in [0.05, 0.1) is 6.04 Å². The summed E-state index contributed by atoms with van der Waals surface area (Å²) >= 11 is 1.99. The highest BCUT2D eigenvalue weighted by Gasteiger charge is 2.37. The molecule has 0 spiro atoms. The number of piperidine rings is 1. The first-order valence-electron chi connectivity index (χ1n) is 8.11. The summed E-state index contributed by atoms with van der Waals surface area (Å²) < 4.78 is 0. The predicted octanol–water partition coefficient (Wildman–Crippen LogP) is 2.47. The zero-order valence-electron chi connectivity index (χ0n) is 11.7. The SMILES string of the molecule is C1CC2CSC(NC3CCN4CCCCC34)=NC2C1. The number of amidine groups is 1. The van der Waals surface area contributed by atoms with Crippen LogP contribution in [0.25, 0.3) is 0 Å². The molecule has 1 N–H and O–H groups in total. The van der Waals surface area contributed by atoms with Crippen molar-refractivity contribution in [2.75, 3.05) is 18.8 Å². The number of nitrogens with zero attached hydrogens (tertiary/aromatic N) is 2. The van der Waals surface area contributed by atoms with Crippen LogP contribution < -0.4 is 5.32 Å². The molecule has 1 saturated carbocycles. The fraction of sp³-hybridized carbons (Fsp3) is 0.933. The van der Waals surface area contributed by atoms with E-state index in [1.54, 1.807) is 0 Å². The van der Waals surface area contributed by atoms with Crippen molar-refractivity contribution in [1.29, 1.82) is 0 Å². The Balaban J connectivity index is 1.41. The maximum absolute atomic E-state index is 4.99. The van der Waals surface area contributed by atoms with E-state index in [0.717, 1.165) is 12.0 Å². The molecule has 0 aromatic carbocycles. The Hall–Kier alpha value is -0.220. The van der Waals surface area contributed by atoms with Crippen LogP contribution in [0.1, 0.15) is 44.9 Å². The molecule has 0 bridgehead atoms. The average Bonchev–Trinajstić information content (AvgIpc) is 3.06. The van der Waals surface area contributed by atoms with Gasteiger partial charge in [-0.1, -0.05) is 24.6 Å². The standard InChI is InChI=1S/C15H25N3S/c1-2-8-18-9-7-13(14(18)6-1)17-15-16-12-5-3-4-11(12)10-19-15/h11-14H,1-10H2,(H,16,17). The minimum Gasteiger partial charge on any atom is -0.361 e. The van der Waals surface area contributed by atoms with Gasteiger partial charge in [-0.2, -0.15) is 0 Å². The van der Waals surface area contributed by atoms with Gasteiger partial charge >= 0.3 is 0 Å². The number of rotatable bonds is 1. The van der Waals surface area contributed by atoms with Gasteiger partial charge < -0.3 is 5.32 Å². The Morgan fingerprint density at radius 2 is 2.05 bits per heavy atom. The molecule has 19 heavy (non-hydrogen) atoms. The fourth-order valence-corrected chi connectivity index (χ4v) is 5.61. The quantitative estimate of drug-likeness (QED) is 0.799. The number of thioether (sulfide) groups is 1. The Kier molecular flexibility index (Phi) is 3.48. The Morgan fingerprint density at radius 1 is 1.05 bits per heavy atom. The molecular weight excluding hydrogens is 254 g/mol. The van der Waals surface area contributed by atoms with E-state index in [1.807, 2.05) is 11.8 Å². The van der Waals surface area contributed by atoms with E-state index in [0.29, 0.717) is 12.1 Å². The van der Waals surface area contributed by atoms with Crippen LogP contribution in [0.5, 0.6) is 0 Å². The summed E-state index contributed by atoms with van der Waals surface area (Å²) in [5.41, 5.74) is 0. The first-order valence-corrected chi connectivity index (χ1v) is 9.10. The molecule has 0 aromatic heterocycles. The smallest absolute Gasteiger partial charge is 0.157 e. The lowest BCUT2D eigenvalue weighted by Crippen LogP contribution is -2.47. The summed E-state index contributed by atoms with van der Waals surface area (Å²) in [5, 5.41) is 5.07. The van der Waals surface area contributed by atoms with Gasteiger partial charge in [0.1, 0.15) is 0 Å². The zero-order valence-corrected chi connectivity index (χ0v) is 12.5. The van der Waals surface area contributed by atoms with Gasteiger partial charge in [0.15, 0.2) is 5.17 Å². The van der Waals surface area contributed by atoms with E-state index in [4.69, 9.17) is 4.99 Å². The third kappa shape index (κ3) is 2.42. The van der Waals surface area contributed by atoms with Crippen LogP contribution in [0.3, 0.4) is 0 Å². The van der Waals surface area contributed by atoms with E-state index in [2.05, 4.69) is 10.2 Å². The normalized spacial score (nSPS) is 42.6. The molecule has 0 aromatic rings. The number of hydrogen-bond donors (Lipinski definition) is 1. The highest BCUT2D eigenvalue weighted by molar-refractivity contribution is 8.13. The molecule has 4 heteroatoms. The van der Waals surface area contributed by atoms with Gasteiger partial charge in [0.2, 0.25) is 0 Å². The summed E-state index contributed by atoms with van der Waals surface area (Å²) in [6, 6.07) is 2.11. The number of nitrogens with one attached hydrogen (secondary N) is 1. The first kappa shape index (κ1) is 12.5. The molecule has 0 radical (unpaired) electrons. The largest absolute Gasteiger partial charge is 0.361 e. The minimum atomic E-state index is 0.646. The summed E-state index contributed by atoms with van der Waals surface area (Å²) in [4.78, 5) is 7.70. The topological polar surface area (TPSA) is 27.6 Å². The van der Waals surface area contributed by atoms with Crippen molar-refractivity contribution in [3.8, 4) is 0 Å². The Morgan fingerprint density at radius 3 is 3.05 bits per heavy atom. The maximum Gasteiger partial charge on any atom is 0.157 e. The highest BCUT2D eigenvalue weighted by atomic mass is 32.2. The molecule has 2 saturated heterocycles. The first-order chi connectivity index (χ1) is 9.40. The molecule has 3 heterocycles. The average molecular weight is 279 g/mol. The van der Waals surface area contributed by atoms with E-state index in [9.17, 15) is 0 Å². The molecule has 1 aliphatic carbocycles. The van der Waals surface area contributed by atoms with Crippen LogP contribution in [0.2, 0.25) is 0 Å². The third-order valence-corrected chi connectivity index (χ3v) is 6.59. The predicted molar refractivity (Wildman–Crippen MR) is 81.8 cm³/mol. The molecule has 0 amide bonds. The van der Waals surface area contributed by atoms with Gasteiger partial charge in [-0.15, -0.1) is 0 Å². The van der Waals surface area contributed by atoms with Crippen LogP contribution in [0.15, 0.2) is 4.99 Å².